The van der Waals surface area contributed by atoms with E-state index < -0.39 is 0 Å². The molecule has 0 spiro atoms. The third-order valence-electron chi connectivity index (χ3n) is 2.40. The number of ether oxygens (including phenoxy) is 2. The van der Waals surface area contributed by atoms with Crippen LogP contribution in [0.1, 0.15) is 26.3 Å². The average molecular weight is 395 g/mol. The fraction of sp³-hybridized carbons (Fsp3) is 0.571. The monoisotopic (exact) mass is 393 g/mol. The summed E-state index contributed by atoms with van der Waals surface area (Å²) in [6.07, 6.45) is 1.07. The van der Waals surface area contributed by atoms with E-state index in [2.05, 4.69) is 31.9 Å². The van der Waals surface area contributed by atoms with Gasteiger partial charge >= 0.3 is 0 Å². The first-order valence-electron chi connectivity index (χ1n) is 6.38. The lowest BCUT2D eigenvalue weighted by atomic mass is 10.1. The van der Waals surface area contributed by atoms with Crippen molar-refractivity contribution in [3.8, 4) is 5.75 Å². The molecule has 2 N–H and O–H groups in total. The van der Waals surface area contributed by atoms with Crippen LogP contribution in [0.25, 0.3) is 0 Å². The molecule has 5 heteroatoms. The molecule has 0 saturated heterocycles. The van der Waals surface area contributed by atoms with Gasteiger partial charge in [-0.1, -0.05) is 0 Å². The molecule has 3 nitrogen and oxygen atoms in total. The molecule has 0 heterocycles. The Labute approximate surface area is 132 Å². The highest BCUT2D eigenvalue weighted by Crippen LogP contribution is 2.35. The zero-order chi connectivity index (χ0) is 14.4. The summed E-state index contributed by atoms with van der Waals surface area (Å²) in [6, 6.07) is 4.24. The Balaban J connectivity index is 2.63. The first-order valence-corrected chi connectivity index (χ1v) is 7.96. The standard InChI is InChI=1S/C14H21Br2NO2/c1-9(2)18-4-5-19-14-12(15)7-11(6-10(3)17)8-13(14)16/h7-10H,4-6,17H2,1-3H3. The van der Waals surface area contributed by atoms with Crippen molar-refractivity contribution in [2.24, 2.45) is 5.73 Å². The van der Waals surface area contributed by atoms with Gasteiger partial charge in [0.1, 0.15) is 12.4 Å². The summed E-state index contributed by atoms with van der Waals surface area (Å²) in [7, 11) is 0. The minimum absolute atomic E-state index is 0.144. The van der Waals surface area contributed by atoms with Crippen LogP contribution in [0.5, 0.6) is 5.75 Å². The second kappa shape index (κ2) is 8.25. The van der Waals surface area contributed by atoms with Crippen LogP contribution in [0.2, 0.25) is 0 Å². The van der Waals surface area contributed by atoms with E-state index in [0.717, 1.165) is 21.1 Å². The predicted molar refractivity (Wildman–Crippen MR) is 85.8 cm³/mol. The van der Waals surface area contributed by atoms with Crippen LogP contribution in [0, 0.1) is 0 Å². The van der Waals surface area contributed by atoms with Gasteiger partial charge in [0.2, 0.25) is 0 Å². The van der Waals surface area contributed by atoms with Gasteiger partial charge in [-0.05, 0) is 76.7 Å². The molecule has 1 aromatic carbocycles. The van der Waals surface area contributed by atoms with Crippen molar-refractivity contribution < 1.29 is 9.47 Å². The smallest absolute Gasteiger partial charge is 0.147 e. The molecule has 1 unspecified atom stereocenters. The second-order valence-electron chi connectivity index (χ2n) is 4.84. The highest BCUT2D eigenvalue weighted by molar-refractivity contribution is 9.11. The van der Waals surface area contributed by atoms with Crippen LogP contribution in [0.15, 0.2) is 21.1 Å². The Hall–Kier alpha value is -0.100. The molecular formula is C14H21Br2NO2. The molecule has 108 valence electrons. The average Bonchev–Trinajstić information content (AvgIpc) is 2.25. The van der Waals surface area contributed by atoms with Crippen molar-refractivity contribution in [3.05, 3.63) is 26.6 Å². The fourth-order valence-corrected chi connectivity index (χ4v) is 3.18. The summed E-state index contributed by atoms with van der Waals surface area (Å²) in [5, 5.41) is 0. The molecule has 0 bridgehead atoms. The lowest BCUT2D eigenvalue weighted by Gasteiger charge is -2.14. The lowest BCUT2D eigenvalue weighted by Crippen LogP contribution is -2.17. The van der Waals surface area contributed by atoms with Gasteiger partial charge in [-0.15, -0.1) is 0 Å². The normalized spacial score (nSPS) is 12.8. The molecule has 1 rings (SSSR count). The number of halogens is 2. The van der Waals surface area contributed by atoms with Crippen molar-refractivity contribution in [3.63, 3.8) is 0 Å². The van der Waals surface area contributed by atoms with Crippen LogP contribution in [0.4, 0.5) is 0 Å². The molecule has 0 amide bonds. The minimum atomic E-state index is 0.144. The minimum Gasteiger partial charge on any atom is -0.489 e. The molecule has 0 radical (unpaired) electrons. The van der Waals surface area contributed by atoms with Gasteiger partial charge in [0, 0.05) is 6.04 Å². The zero-order valence-electron chi connectivity index (χ0n) is 11.6. The molecular weight excluding hydrogens is 374 g/mol. The number of nitrogens with two attached hydrogens (primary N) is 1. The number of rotatable bonds is 7. The van der Waals surface area contributed by atoms with Crippen molar-refractivity contribution in [1.29, 1.82) is 0 Å². The van der Waals surface area contributed by atoms with Crippen molar-refractivity contribution >= 4 is 31.9 Å². The summed E-state index contributed by atoms with van der Waals surface area (Å²) < 4.78 is 13.0. The number of benzene rings is 1. The van der Waals surface area contributed by atoms with Crippen LogP contribution < -0.4 is 10.5 Å². The van der Waals surface area contributed by atoms with E-state index in [0.29, 0.717) is 13.2 Å². The maximum absolute atomic E-state index is 5.81. The molecule has 0 aliphatic heterocycles. The molecule has 1 aromatic rings. The lowest BCUT2D eigenvalue weighted by molar-refractivity contribution is 0.0549. The van der Waals surface area contributed by atoms with Gasteiger partial charge < -0.3 is 15.2 Å². The van der Waals surface area contributed by atoms with Crippen molar-refractivity contribution in [1.82, 2.24) is 0 Å². The first kappa shape index (κ1) is 17.0. The Morgan fingerprint density at radius 2 is 1.68 bits per heavy atom. The maximum atomic E-state index is 5.81. The molecule has 19 heavy (non-hydrogen) atoms. The van der Waals surface area contributed by atoms with Gasteiger partial charge in [-0.2, -0.15) is 0 Å². The Morgan fingerprint density at radius 1 is 1.11 bits per heavy atom. The van der Waals surface area contributed by atoms with E-state index in [1.807, 2.05) is 32.9 Å². The largest absolute Gasteiger partial charge is 0.489 e. The summed E-state index contributed by atoms with van der Waals surface area (Å²) in [5.74, 6) is 0.806. The zero-order valence-corrected chi connectivity index (χ0v) is 14.8. The third kappa shape index (κ3) is 6.25. The van der Waals surface area contributed by atoms with E-state index in [1.54, 1.807) is 0 Å². The van der Waals surface area contributed by atoms with Gasteiger partial charge in [0.15, 0.2) is 0 Å². The molecule has 1 atom stereocenters. The van der Waals surface area contributed by atoms with Gasteiger partial charge in [-0.3, -0.25) is 0 Å². The van der Waals surface area contributed by atoms with Crippen LogP contribution in [0.3, 0.4) is 0 Å². The molecule has 0 aliphatic carbocycles. The Bertz CT molecular complexity index is 385. The fourth-order valence-electron chi connectivity index (χ4n) is 1.67. The Morgan fingerprint density at radius 3 is 2.16 bits per heavy atom. The van der Waals surface area contributed by atoms with E-state index >= 15 is 0 Å². The Kier molecular flexibility index (Phi) is 7.36. The second-order valence-corrected chi connectivity index (χ2v) is 6.55. The molecule has 0 aromatic heterocycles. The van der Waals surface area contributed by atoms with E-state index in [4.69, 9.17) is 15.2 Å². The predicted octanol–water partition coefficient (Wildman–Crippen LogP) is 3.91. The third-order valence-corrected chi connectivity index (χ3v) is 3.57. The topological polar surface area (TPSA) is 44.5 Å². The summed E-state index contributed by atoms with van der Waals surface area (Å²) in [6.45, 7) is 7.12. The van der Waals surface area contributed by atoms with Crippen LogP contribution in [-0.4, -0.2) is 25.4 Å². The maximum Gasteiger partial charge on any atom is 0.147 e. The van der Waals surface area contributed by atoms with Crippen molar-refractivity contribution in [2.45, 2.75) is 39.3 Å². The molecule has 0 aliphatic rings. The molecule has 0 saturated carbocycles. The van der Waals surface area contributed by atoms with E-state index in [9.17, 15) is 0 Å². The number of hydrogen-bond acceptors (Lipinski definition) is 3. The van der Waals surface area contributed by atoms with Gasteiger partial charge in [0.05, 0.1) is 21.7 Å². The number of hydrogen-bond donors (Lipinski definition) is 1. The van der Waals surface area contributed by atoms with Crippen LogP contribution >= 0.6 is 31.9 Å². The van der Waals surface area contributed by atoms with Gasteiger partial charge in [0.25, 0.3) is 0 Å². The SMILES string of the molecule is CC(N)Cc1cc(Br)c(OCCOC(C)C)c(Br)c1. The van der Waals surface area contributed by atoms with E-state index in [-0.39, 0.29) is 12.1 Å². The van der Waals surface area contributed by atoms with Gasteiger partial charge in [-0.25, -0.2) is 0 Å². The summed E-state index contributed by atoms with van der Waals surface area (Å²) >= 11 is 7.06. The van der Waals surface area contributed by atoms with E-state index in [1.165, 1.54) is 5.56 Å². The highest BCUT2D eigenvalue weighted by atomic mass is 79.9. The van der Waals surface area contributed by atoms with Crippen LogP contribution in [-0.2, 0) is 11.2 Å². The molecule has 0 fully saturated rings. The first-order chi connectivity index (χ1) is 8.90. The summed E-state index contributed by atoms with van der Waals surface area (Å²) in [5.41, 5.74) is 6.99. The summed E-state index contributed by atoms with van der Waals surface area (Å²) in [4.78, 5) is 0. The van der Waals surface area contributed by atoms with Crippen molar-refractivity contribution in [2.75, 3.05) is 13.2 Å². The highest BCUT2D eigenvalue weighted by Gasteiger charge is 2.10. The quantitative estimate of drug-likeness (QED) is 0.713.